The quantitative estimate of drug-likeness (QED) is 0.723. The standard InChI is InChI=1S/C22H25N3O5S/c1-27-15-7-8-16(19(13-15)28-2)23-22(31)25-11-9-24(10-12-25)21(26)20-14-29-17-5-3-4-6-18(17)30-20/h3-8,13,20H,9-12,14H2,1-2H3,(H,23,31). The maximum absolute atomic E-state index is 12.9. The number of carbonyl (C=O) groups is 1. The highest BCUT2D eigenvalue weighted by Gasteiger charge is 2.33. The highest BCUT2D eigenvalue weighted by Crippen LogP contribution is 2.32. The number of carbonyl (C=O) groups excluding carboxylic acids is 1. The van der Waals surface area contributed by atoms with E-state index < -0.39 is 6.10 Å². The predicted octanol–water partition coefficient (Wildman–Crippen LogP) is 2.38. The van der Waals surface area contributed by atoms with Gasteiger partial charge < -0.3 is 34.1 Å². The number of methoxy groups -OCH3 is 2. The van der Waals surface area contributed by atoms with E-state index in [1.807, 2.05) is 41.3 Å². The number of amides is 1. The molecule has 0 spiro atoms. The van der Waals surface area contributed by atoms with Crippen LogP contribution in [-0.4, -0.2) is 73.9 Å². The van der Waals surface area contributed by atoms with Gasteiger partial charge in [-0.3, -0.25) is 4.79 Å². The second kappa shape index (κ2) is 9.30. The average Bonchev–Trinajstić information content (AvgIpc) is 2.83. The van der Waals surface area contributed by atoms with Gasteiger partial charge in [-0.25, -0.2) is 0 Å². The number of ether oxygens (including phenoxy) is 4. The Bertz CT molecular complexity index is 962. The summed E-state index contributed by atoms with van der Waals surface area (Å²) in [6.07, 6.45) is -0.630. The minimum absolute atomic E-state index is 0.0649. The van der Waals surface area contributed by atoms with Gasteiger partial charge in [-0.1, -0.05) is 12.1 Å². The monoisotopic (exact) mass is 443 g/mol. The predicted molar refractivity (Wildman–Crippen MR) is 120 cm³/mol. The summed E-state index contributed by atoms with van der Waals surface area (Å²) >= 11 is 5.58. The third kappa shape index (κ3) is 4.61. The highest BCUT2D eigenvalue weighted by molar-refractivity contribution is 7.80. The topological polar surface area (TPSA) is 72.5 Å². The number of nitrogens with one attached hydrogen (secondary N) is 1. The lowest BCUT2D eigenvalue weighted by molar-refractivity contribution is -0.142. The van der Waals surface area contributed by atoms with E-state index >= 15 is 0 Å². The zero-order valence-corrected chi connectivity index (χ0v) is 18.3. The lowest BCUT2D eigenvalue weighted by Gasteiger charge is -2.38. The molecule has 2 aromatic rings. The molecule has 9 heteroatoms. The Balaban J connectivity index is 1.31. The smallest absolute Gasteiger partial charge is 0.267 e. The SMILES string of the molecule is COc1ccc(NC(=S)N2CCN(C(=O)C3COc4ccccc4O3)CC2)c(OC)c1. The van der Waals surface area contributed by atoms with Crippen molar-refractivity contribution in [2.45, 2.75) is 6.10 Å². The molecule has 1 N–H and O–H groups in total. The Hall–Kier alpha value is -3.20. The zero-order chi connectivity index (χ0) is 21.8. The van der Waals surface area contributed by atoms with E-state index in [2.05, 4.69) is 5.32 Å². The van der Waals surface area contributed by atoms with Crippen LogP contribution in [0.4, 0.5) is 5.69 Å². The molecule has 2 aliphatic rings. The molecule has 1 fully saturated rings. The van der Waals surface area contributed by atoms with E-state index in [0.717, 1.165) is 5.69 Å². The van der Waals surface area contributed by atoms with Gasteiger partial charge in [0.15, 0.2) is 16.6 Å². The van der Waals surface area contributed by atoms with Crippen LogP contribution in [0.1, 0.15) is 0 Å². The molecular weight excluding hydrogens is 418 g/mol. The van der Waals surface area contributed by atoms with Gasteiger partial charge in [0.05, 0.1) is 19.9 Å². The van der Waals surface area contributed by atoms with E-state index in [1.165, 1.54) is 0 Å². The minimum atomic E-state index is -0.630. The lowest BCUT2D eigenvalue weighted by atomic mass is 10.2. The lowest BCUT2D eigenvalue weighted by Crippen LogP contribution is -2.55. The Morgan fingerprint density at radius 2 is 1.74 bits per heavy atom. The fourth-order valence-corrected chi connectivity index (χ4v) is 3.86. The number of thiocarbonyl (C=S) groups is 1. The van der Waals surface area contributed by atoms with Crippen LogP contribution >= 0.6 is 12.2 Å². The van der Waals surface area contributed by atoms with E-state index in [9.17, 15) is 4.79 Å². The molecule has 164 valence electrons. The molecule has 1 saturated heterocycles. The summed E-state index contributed by atoms with van der Waals surface area (Å²) in [4.78, 5) is 16.7. The summed E-state index contributed by atoms with van der Waals surface area (Å²) in [6.45, 7) is 2.58. The summed E-state index contributed by atoms with van der Waals surface area (Å²) in [6, 6.07) is 12.9. The van der Waals surface area contributed by atoms with Gasteiger partial charge in [0.1, 0.15) is 18.1 Å². The number of hydrogen-bond donors (Lipinski definition) is 1. The van der Waals surface area contributed by atoms with Crippen molar-refractivity contribution in [3.8, 4) is 23.0 Å². The largest absolute Gasteiger partial charge is 0.497 e. The second-order valence-corrected chi connectivity index (χ2v) is 7.56. The number of nitrogens with zero attached hydrogens (tertiary/aromatic N) is 2. The number of hydrogen-bond acceptors (Lipinski definition) is 6. The summed E-state index contributed by atoms with van der Waals surface area (Å²) in [5.74, 6) is 2.55. The summed E-state index contributed by atoms with van der Waals surface area (Å²) < 4.78 is 22.2. The average molecular weight is 444 g/mol. The zero-order valence-electron chi connectivity index (χ0n) is 17.5. The van der Waals surface area contributed by atoms with Gasteiger partial charge in [-0.15, -0.1) is 0 Å². The summed E-state index contributed by atoms with van der Waals surface area (Å²) in [7, 11) is 3.21. The van der Waals surface area contributed by atoms with Crippen molar-refractivity contribution in [3.05, 3.63) is 42.5 Å². The molecule has 0 aromatic heterocycles. The van der Waals surface area contributed by atoms with Crippen LogP contribution in [0.15, 0.2) is 42.5 Å². The van der Waals surface area contributed by atoms with E-state index in [0.29, 0.717) is 54.3 Å². The van der Waals surface area contributed by atoms with Crippen molar-refractivity contribution in [1.29, 1.82) is 0 Å². The molecule has 0 saturated carbocycles. The number of rotatable bonds is 4. The summed E-state index contributed by atoms with van der Waals surface area (Å²) in [5, 5.41) is 3.81. The van der Waals surface area contributed by atoms with Crippen LogP contribution in [0.2, 0.25) is 0 Å². The van der Waals surface area contributed by atoms with E-state index in [1.54, 1.807) is 25.2 Å². The van der Waals surface area contributed by atoms with Gasteiger partial charge in [-0.2, -0.15) is 0 Å². The minimum Gasteiger partial charge on any atom is -0.497 e. The first-order chi connectivity index (χ1) is 15.1. The van der Waals surface area contributed by atoms with Crippen molar-refractivity contribution in [1.82, 2.24) is 9.80 Å². The first-order valence-electron chi connectivity index (χ1n) is 10.0. The first-order valence-corrected chi connectivity index (χ1v) is 10.4. The van der Waals surface area contributed by atoms with Crippen LogP contribution < -0.4 is 24.3 Å². The van der Waals surface area contributed by atoms with E-state index in [-0.39, 0.29) is 12.5 Å². The normalized spacial score (nSPS) is 17.7. The highest BCUT2D eigenvalue weighted by atomic mass is 32.1. The van der Waals surface area contributed by atoms with Crippen LogP contribution in [0.5, 0.6) is 23.0 Å². The van der Waals surface area contributed by atoms with Crippen LogP contribution in [0.3, 0.4) is 0 Å². The fraction of sp³-hybridized carbons (Fsp3) is 0.364. The molecule has 31 heavy (non-hydrogen) atoms. The van der Waals surface area contributed by atoms with Crippen LogP contribution in [0.25, 0.3) is 0 Å². The molecule has 4 rings (SSSR count). The van der Waals surface area contributed by atoms with Gasteiger partial charge >= 0.3 is 0 Å². The van der Waals surface area contributed by atoms with Crippen LogP contribution in [-0.2, 0) is 4.79 Å². The van der Waals surface area contributed by atoms with Crippen molar-refractivity contribution < 1.29 is 23.7 Å². The van der Waals surface area contributed by atoms with Gasteiger partial charge in [0, 0.05) is 32.2 Å². The number of para-hydroxylation sites is 2. The van der Waals surface area contributed by atoms with Gasteiger partial charge in [0.2, 0.25) is 6.10 Å². The molecule has 8 nitrogen and oxygen atoms in total. The number of benzene rings is 2. The number of fused-ring (bicyclic) bond motifs is 1. The molecule has 1 amide bonds. The van der Waals surface area contributed by atoms with Gasteiger partial charge in [-0.05, 0) is 36.5 Å². The molecular formula is C22H25N3O5S. The third-order valence-corrected chi connectivity index (χ3v) is 5.67. The molecule has 1 atom stereocenters. The third-order valence-electron chi connectivity index (χ3n) is 5.31. The fourth-order valence-electron chi connectivity index (χ4n) is 3.57. The Labute approximate surface area is 186 Å². The maximum atomic E-state index is 12.9. The van der Waals surface area contributed by atoms with Crippen molar-refractivity contribution >= 4 is 28.9 Å². The van der Waals surface area contributed by atoms with Gasteiger partial charge in [0.25, 0.3) is 5.91 Å². The van der Waals surface area contributed by atoms with Crippen LogP contribution in [0, 0.1) is 0 Å². The first kappa shape index (κ1) is 21.0. The Morgan fingerprint density at radius 1 is 1.03 bits per heavy atom. The molecule has 2 aliphatic heterocycles. The molecule has 0 radical (unpaired) electrons. The van der Waals surface area contributed by atoms with E-state index in [4.69, 9.17) is 31.2 Å². The number of anilines is 1. The maximum Gasteiger partial charge on any atom is 0.267 e. The molecule has 2 heterocycles. The Morgan fingerprint density at radius 3 is 2.45 bits per heavy atom. The van der Waals surface area contributed by atoms with Crippen molar-refractivity contribution in [3.63, 3.8) is 0 Å². The number of piperazine rings is 1. The molecule has 2 aromatic carbocycles. The second-order valence-electron chi connectivity index (χ2n) is 7.17. The summed E-state index contributed by atoms with van der Waals surface area (Å²) in [5.41, 5.74) is 0.762. The molecule has 0 bridgehead atoms. The molecule has 0 aliphatic carbocycles. The van der Waals surface area contributed by atoms with Crippen molar-refractivity contribution in [2.24, 2.45) is 0 Å². The van der Waals surface area contributed by atoms with Crippen molar-refractivity contribution in [2.75, 3.05) is 52.3 Å². The Kier molecular flexibility index (Phi) is 6.31. The molecule has 1 unspecified atom stereocenters.